The zero-order chi connectivity index (χ0) is 21.0. The first-order valence-corrected chi connectivity index (χ1v) is 9.55. The third-order valence-electron chi connectivity index (χ3n) is 4.23. The number of amides is 1. The fraction of sp³-hybridized carbons (Fsp3) is 0.167. The first-order valence-electron chi connectivity index (χ1n) is 9.55. The molecule has 3 aromatic rings. The summed E-state index contributed by atoms with van der Waals surface area (Å²) in [4.78, 5) is 16.9. The molecule has 1 N–H and O–H groups in total. The molecule has 3 rings (SSSR count). The number of ether oxygens (including phenoxy) is 2. The fourth-order valence-electron chi connectivity index (χ4n) is 2.66. The lowest BCUT2D eigenvalue weighted by atomic mass is 10.2. The van der Waals surface area contributed by atoms with Crippen molar-refractivity contribution in [3.05, 3.63) is 95.6 Å². The van der Waals surface area contributed by atoms with Crippen LogP contribution in [0.3, 0.4) is 0 Å². The van der Waals surface area contributed by atoms with Gasteiger partial charge in [0.2, 0.25) is 0 Å². The Balaban J connectivity index is 1.46. The molecule has 0 aliphatic rings. The fourth-order valence-corrected chi connectivity index (χ4v) is 2.66. The molecule has 0 fully saturated rings. The largest absolute Gasteiger partial charge is 0.493 e. The number of hydrogen-bond acceptors (Lipinski definition) is 5. The molecule has 0 aliphatic heterocycles. The van der Waals surface area contributed by atoms with Crippen LogP contribution in [-0.4, -0.2) is 25.8 Å². The van der Waals surface area contributed by atoms with Gasteiger partial charge in [0, 0.05) is 12.1 Å². The average Bonchev–Trinajstić information content (AvgIpc) is 2.80. The third kappa shape index (κ3) is 6.67. The molecular formula is C24H24N2O4. The Morgan fingerprint density at radius 2 is 1.63 bits per heavy atom. The molecule has 0 aliphatic carbocycles. The zero-order valence-corrected chi connectivity index (χ0v) is 16.8. The molecule has 0 radical (unpaired) electrons. The summed E-state index contributed by atoms with van der Waals surface area (Å²) in [5.74, 6) is 0.994. The van der Waals surface area contributed by atoms with E-state index in [-0.39, 0.29) is 12.5 Å². The topological polar surface area (TPSA) is 69.2 Å². The van der Waals surface area contributed by atoms with Gasteiger partial charge < -0.3 is 19.6 Å². The maximum Gasteiger partial charge on any atom is 0.261 e. The van der Waals surface area contributed by atoms with Crippen LogP contribution in [0.4, 0.5) is 0 Å². The van der Waals surface area contributed by atoms with E-state index in [0.29, 0.717) is 24.7 Å². The number of rotatable bonds is 10. The first-order chi connectivity index (χ1) is 14.7. The van der Waals surface area contributed by atoms with Gasteiger partial charge in [-0.3, -0.25) is 4.79 Å². The van der Waals surface area contributed by atoms with Crippen LogP contribution in [0.25, 0.3) is 0 Å². The number of nitrogens with zero attached hydrogens (tertiary/aromatic N) is 1. The highest BCUT2D eigenvalue weighted by molar-refractivity contribution is 5.81. The summed E-state index contributed by atoms with van der Waals surface area (Å²) in [5.41, 5.74) is 2.86. The van der Waals surface area contributed by atoms with Gasteiger partial charge in [0.25, 0.3) is 5.91 Å². The van der Waals surface area contributed by atoms with Gasteiger partial charge >= 0.3 is 0 Å². The van der Waals surface area contributed by atoms with Gasteiger partial charge in [0.1, 0.15) is 6.61 Å². The smallest absolute Gasteiger partial charge is 0.261 e. The number of methoxy groups -OCH3 is 1. The van der Waals surface area contributed by atoms with Gasteiger partial charge in [0.05, 0.1) is 13.3 Å². The van der Waals surface area contributed by atoms with Gasteiger partial charge in [-0.2, -0.15) is 0 Å². The summed E-state index contributed by atoms with van der Waals surface area (Å²) in [5, 5.41) is 6.63. The van der Waals surface area contributed by atoms with Crippen LogP contribution < -0.4 is 14.8 Å². The van der Waals surface area contributed by atoms with E-state index in [1.165, 1.54) is 6.21 Å². The highest BCUT2D eigenvalue weighted by Gasteiger charge is 2.06. The minimum Gasteiger partial charge on any atom is -0.493 e. The van der Waals surface area contributed by atoms with Crippen LogP contribution in [0.15, 0.2) is 84.0 Å². The standard InChI is InChI=1S/C24H24N2O4/c1-28-23-14-21(12-13-22(23)29-17-20-10-6-3-7-11-20)16-26-30-18-24(27)25-15-19-8-4-2-5-9-19/h2-14,16H,15,17-18H2,1H3,(H,25,27)/b26-16+. The predicted molar refractivity (Wildman–Crippen MR) is 116 cm³/mol. The molecular weight excluding hydrogens is 380 g/mol. The number of benzene rings is 3. The molecule has 0 heterocycles. The van der Waals surface area contributed by atoms with Crippen LogP contribution in [0.5, 0.6) is 11.5 Å². The second-order valence-corrected chi connectivity index (χ2v) is 6.45. The summed E-state index contributed by atoms with van der Waals surface area (Å²) < 4.78 is 11.2. The van der Waals surface area contributed by atoms with Crippen LogP contribution in [0.1, 0.15) is 16.7 Å². The van der Waals surface area contributed by atoms with E-state index in [1.54, 1.807) is 13.2 Å². The second kappa shape index (κ2) is 11.3. The zero-order valence-electron chi connectivity index (χ0n) is 16.8. The monoisotopic (exact) mass is 404 g/mol. The van der Waals surface area contributed by atoms with Crippen LogP contribution in [0.2, 0.25) is 0 Å². The normalized spacial score (nSPS) is 10.6. The van der Waals surface area contributed by atoms with E-state index in [2.05, 4.69) is 10.5 Å². The summed E-state index contributed by atoms with van der Waals surface area (Å²) in [6, 6.07) is 25.0. The quantitative estimate of drug-likeness (QED) is 0.410. The van der Waals surface area contributed by atoms with E-state index in [0.717, 1.165) is 16.7 Å². The first kappa shape index (κ1) is 20.9. The molecule has 0 bridgehead atoms. The van der Waals surface area contributed by atoms with Gasteiger partial charge in [-0.05, 0) is 29.3 Å². The molecule has 0 aromatic heterocycles. The predicted octanol–water partition coefficient (Wildman–Crippen LogP) is 3.94. The SMILES string of the molecule is COc1cc(/C=N/OCC(=O)NCc2ccccc2)ccc1OCc1ccccc1. The van der Waals surface area contributed by atoms with Crippen molar-refractivity contribution in [3.8, 4) is 11.5 Å². The summed E-state index contributed by atoms with van der Waals surface area (Å²) >= 11 is 0. The van der Waals surface area contributed by atoms with Gasteiger partial charge in [-0.15, -0.1) is 0 Å². The molecule has 6 heteroatoms. The van der Waals surface area contributed by atoms with Gasteiger partial charge in [0.15, 0.2) is 18.1 Å². The summed E-state index contributed by atoms with van der Waals surface area (Å²) in [7, 11) is 1.58. The molecule has 0 atom stereocenters. The van der Waals surface area contributed by atoms with Crippen LogP contribution in [0, 0.1) is 0 Å². The lowest BCUT2D eigenvalue weighted by molar-refractivity contribution is -0.125. The number of oxime groups is 1. The van der Waals surface area contributed by atoms with Crippen LogP contribution in [-0.2, 0) is 22.8 Å². The molecule has 6 nitrogen and oxygen atoms in total. The second-order valence-electron chi connectivity index (χ2n) is 6.45. The van der Waals surface area contributed by atoms with E-state index in [9.17, 15) is 4.79 Å². The number of carbonyl (C=O) groups is 1. The van der Waals surface area contributed by atoms with Crippen molar-refractivity contribution in [1.82, 2.24) is 5.32 Å². The number of hydrogen-bond donors (Lipinski definition) is 1. The Labute approximate surface area is 176 Å². The van der Waals surface area contributed by atoms with Crippen molar-refractivity contribution in [2.75, 3.05) is 13.7 Å². The highest BCUT2D eigenvalue weighted by atomic mass is 16.6. The highest BCUT2D eigenvalue weighted by Crippen LogP contribution is 2.28. The molecule has 0 unspecified atom stereocenters. The maximum absolute atomic E-state index is 11.8. The Morgan fingerprint density at radius 3 is 2.33 bits per heavy atom. The van der Waals surface area contributed by atoms with E-state index < -0.39 is 0 Å². The molecule has 0 spiro atoms. The Bertz CT molecular complexity index is 959. The molecule has 3 aromatic carbocycles. The van der Waals surface area contributed by atoms with Crippen molar-refractivity contribution in [2.45, 2.75) is 13.2 Å². The Hall–Kier alpha value is -3.80. The Kier molecular flexibility index (Phi) is 7.85. The lowest BCUT2D eigenvalue weighted by Gasteiger charge is -2.11. The van der Waals surface area contributed by atoms with E-state index in [4.69, 9.17) is 14.3 Å². The minimum absolute atomic E-state index is 0.154. The molecule has 30 heavy (non-hydrogen) atoms. The number of nitrogens with one attached hydrogen (secondary N) is 1. The van der Waals surface area contributed by atoms with E-state index in [1.807, 2.05) is 72.8 Å². The molecule has 0 saturated carbocycles. The van der Waals surface area contributed by atoms with Crippen molar-refractivity contribution < 1.29 is 19.1 Å². The van der Waals surface area contributed by atoms with Gasteiger partial charge in [-0.1, -0.05) is 65.8 Å². The summed E-state index contributed by atoms with van der Waals surface area (Å²) in [6.07, 6.45) is 1.52. The molecule has 154 valence electrons. The van der Waals surface area contributed by atoms with Crippen molar-refractivity contribution in [3.63, 3.8) is 0 Å². The van der Waals surface area contributed by atoms with Crippen molar-refractivity contribution >= 4 is 12.1 Å². The Morgan fingerprint density at radius 1 is 0.933 bits per heavy atom. The van der Waals surface area contributed by atoms with E-state index >= 15 is 0 Å². The molecule has 0 saturated heterocycles. The van der Waals surface area contributed by atoms with Crippen molar-refractivity contribution in [2.24, 2.45) is 5.16 Å². The lowest BCUT2D eigenvalue weighted by Crippen LogP contribution is -2.26. The van der Waals surface area contributed by atoms with Gasteiger partial charge in [-0.25, -0.2) is 0 Å². The summed E-state index contributed by atoms with van der Waals surface area (Å²) in [6.45, 7) is 0.749. The third-order valence-corrected chi connectivity index (χ3v) is 4.23. The average molecular weight is 404 g/mol. The van der Waals surface area contributed by atoms with Crippen molar-refractivity contribution in [1.29, 1.82) is 0 Å². The molecule has 1 amide bonds. The minimum atomic E-state index is -0.238. The number of carbonyl (C=O) groups excluding carboxylic acids is 1. The van der Waals surface area contributed by atoms with Crippen LogP contribution >= 0.6 is 0 Å². The maximum atomic E-state index is 11.8.